The average Bonchev–Trinajstić information content (AvgIpc) is 1.86. The summed E-state index contributed by atoms with van der Waals surface area (Å²) in [7, 11) is 0. The van der Waals surface area contributed by atoms with Gasteiger partial charge >= 0.3 is 0 Å². The van der Waals surface area contributed by atoms with Gasteiger partial charge in [0.05, 0.1) is 0 Å². The Hall–Kier alpha value is -0.0800. The second-order valence-corrected chi connectivity index (χ2v) is 4.75. The first-order valence-electron chi connectivity index (χ1n) is 5.21. The molecule has 2 heteroatoms. The summed E-state index contributed by atoms with van der Waals surface area (Å²) in [5, 5.41) is 3.63. The fourth-order valence-corrected chi connectivity index (χ4v) is 2.01. The number of nitrogens with one attached hydrogen (secondary N) is 1. The van der Waals surface area contributed by atoms with E-state index >= 15 is 0 Å². The van der Waals surface area contributed by atoms with Crippen LogP contribution in [0.2, 0.25) is 0 Å². The molecule has 0 amide bonds. The molecule has 1 rings (SSSR count). The van der Waals surface area contributed by atoms with E-state index in [0.29, 0.717) is 11.1 Å². The maximum Gasteiger partial charge on any atom is 0.0130 e. The second kappa shape index (κ2) is 5.61. The number of rotatable bonds is 0. The Kier molecular flexibility index (Phi) is 6.64. The predicted octanol–water partition coefficient (Wildman–Crippen LogP) is 2.52. The predicted molar refractivity (Wildman–Crippen MR) is 60.1 cm³/mol. The molecule has 0 atom stereocenters. The van der Waals surface area contributed by atoms with Gasteiger partial charge in [0.15, 0.2) is 0 Å². The molecule has 0 saturated carbocycles. The summed E-state index contributed by atoms with van der Waals surface area (Å²) in [5.41, 5.74) is 0.726. The minimum atomic E-state index is 0. The Bertz CT molecular complexity index is 116. The minimum absolute atomic E-state index is 0. The van der Waals surface area contributed by atoms with Crippen LogP contribution in [-0.2, 0) is 0 Å². The highest BCUT2D eigenvalue weighted by Crippen LogP contribution is 2.27. The third-order valence-corrected chi connectivity index (χ3v) is 2.28. The molecule has 0 bridgehead atoms. The Morgan fingerprint density at radius 1 is 0.846 bits per heavy atom. The first-order chi connectivity index (χ1) is 5.41. The van der Waals surface area contributed by atoms with Crippen molar-refractivity contribution < 1.29 is 5.48 Å². The van der Waals surface area contributed by atoms with Gasteiger partial charge in [-0.3, -0.25) is 0 Å². The molecule has 13 heavy (non-hydrogen) atoms. The molecule has 1 aliphatic heterocycles. The van der Waals surface area contributed by atoms with Gasteiger partial charge in [0, 0.05) is 11.1 Å². The molecule has 2 nitrogen and oxygen atoms in total. The fourth-order valence-electron chi connectivity index (χ4n) is 2.01. The van der Waals surface area contributed by atoms with Crippen molar-refractivity contribution in [3.63, 3.8) is 0 Å². The Morgan fingerprint density at radius 2 is 1.15 bits per heavy atom. The van der Waals surface area contributed by atoms with E-state index in [0.717, 1.165) is 0 Å². The zero-order valence-corrected chi connectivity index (χ0v) is 10.1. The summed E-state index contributed by atoms with van der Waals surface area (Å²) in [4.78, 5) is 0. The topological polar surface area (TPSA) is 43.5 Å². The van der Waals surface area contributed by atoms with Crippen LogP contribution in [0, 0.1) is 0 Å². The van der Waals surface area contributed by atoms with Crippen molar-refractivity contribution in [3.8, 4) is 0 Å². The third kappa shape index (κ3) is 6.05. The van der Waals surface area contributed by atoms with Gasteiger partial charge in [-0.25, -0.2) is 0 Å². The Labute approximate surface area is 83.4 Å². The quantitative estimate of drug-likeness (QED) is 0.625. The van der Waals surface area contributed by atoms with Gasteiger partial charge in [0.2, 0.25) is 0 Å². The average molecular weight is 189 g/mol. The van der Waals surface area contributed by atoms with Crippen LogP contribution in [0.5, 0.6) is 0 Å². The van der Waals surface area contributed by atoms with Crippen molar-refractivity contribution in [2.45, 2.75) is 71.9 Å². The molecule has 0 aliphatic carbocycles. The van der Waals surface area contributed by atoms with Gasteiger partial charge in [-0.05, 0) is 47.0 Å². The SMILES string of the molecule is CC.CC1(C)CCCC(C)(C)N1.O. The molecule has 3 N–H and O–H groups in total. The Balaban J connectivity index is 0. The lowest BCUT2D eigenvalue weighted by atomic mass is 9.83. The molecule has 0 spiro atoms. The Morgan fingerprint density at radius 3 is 1.31 bits per heavy atom. The second-order valence-electron chi connectivity index (χ2n) is 4.75. The van der Waals surface area contributed by atoms with Crippen LogP contribution in [0.4, 0.5) is 0 Å². The van der Waals surface area contributed by atoms with E-state index in [4.69, 9.17) is 0 Å². The van der Waals surface area contributed by atoms with Crippen molar-refractivity contribution in [1.29, 1.82) is 0 Å². The van der Waals surface area contributed by atoms with Crippen molar-refractivity contribution >= 4 is 0 Å². The highest BCUT2D eigenvalue weighted by Gasteiger charge is 2.31. The van der Waals surface area contributed by atoms with Crippen LogP contribution in [0.1, 0.15) is 60.8 Å². The minimum Gasteiger partial charge on any atom is -0.412 e. The molecule has 0 radical (unpaired) electrons. The van der Waals surface area contributed by atoms with Gasteiger partial charge in [-0.1, -0.05) is 13.8 Å². The number of hydrogen-bond donors (Lipinski definition) is 1. The molecule has 0 unspecified atom stereocenters. The molecule has 1 saturated heterocycles. The van der Waals surface area contributed by atoms with Gasteiger partial charge < -0.3 is 10.8 Å². The molecule has 0 aromatic heterocycles. The van der Waals surface area contributed by atoms with Crippen LogP contribution in [-0.4, -0.2) is 16.6 Å². The fraction of sp³-hybridized carbons (Fsp3) is 1.00. The summed E-state index contributed by atoms with van der Waals surface area (Å²) in [6.45, 7) is 13.1. The lowest BCUT2D eigenvalue weighted by Crippen LogP contribution is -2.55. The van der Waals surface area contributed by atoms with E-state index in [9.17, 15) is 0 Å². The van der Waals surface area contributed by atoms with E-state index in [-0.39, 0.29) is 5.48 Å². The molecule has 0 aromatic carbocycles. The summed E-state index contributed by atoms with van der Waals surface area (Å²) in [5.74, 6) is 0. The zero-order chi connectivity index (χ0) is 9.83. The van der Waals surface area contributed by atoms with E-state index in [1.807, 2.05) is 13.8 Å². The van der Waals surface area contributed by atoms with Crippen LogP contribution >= 0.6 is 0 Å². The summed E-state index contributed by atoms with van der Waals surface area (Å²) in [6.07, 6.45) is 4.00. The van der Waals surface area contributed by atoms with Crippen molar-refractivity contribution in [2.75, 3.05) is 0 Å². The van der Waals surface area contributed by atoms with Crippen LogP contribution < -0.4 is 5.32 Å². The molecule has 1 fully saturated rings. The number of hydrogen-bond acceptors (Lipinski definition) is 1. The first-order valence-corrected chi connectivity index (χ1v) is 5.21. The third-order valence-electron chi connectivity index (χ3n) is 2.28. The number of piperidine rings is 1. The van der Waals surface area contributed by atoms with E-state index < -0.39 is 0 Å². The standard InChI is InChI=1S/C9H19N.C2H6.H2O/c1-8(2)6-5-7-9(3,4)10-8;1-2;/h10H,5-7H2,1-4H3;1-2H3;1H2. The van der Waals surface area contributed by atoms with Gasteiger partial charge in [0.1, 0.15) is 0 Å². The van der Waals surface area contributed by atoms with Gasteiger partial charge in [0.25, 0.3) is 0 Å². The van der Waals surface area contributed by atoms with E-state index in [1.54, 1.807) is 0 Å². The van der Waals surface area contributed by atoms with Crippen molar-refractivity contribution in [3.05, 3.63) is 0 Å². The van der Waals surface area contributed by atoms with Crippen LogP contribution in [0.15, 0.2) is 0 Å². The largest absolute Gasteiger partial charge is 0.412 e. The zero-order valence-electron chi connectivity index (χ0n) is 10.1. The lowest BCUT2D eigenvalue weighted by Gasteiger charge is -2.42. The maximum atomic E-state index is 3.63. The molecule has 1 heterocycles. The van der Waals surface area contributed by atoms with Gasteiger partial charge in [-0.2, -0.15) is 0 Å². The molecule has 1 aliphatic rings. The highest BCUT2D eigenvalue weighted by molar-refractivity contribution is 4.92. The monoisotopic (exact) mass is 189 g/mol. The summed E-state index contributed by atoms with van der Waals surface area (Å²) < 4.78 is 0. The van der Waals surface area contributed by atoms with Crippen LogP contribution in [0.3, 0.4) is 0 Å². The molecule has 0 aromatic rings. The smallest absolute Gasteiger partial charge is 0.0130 e. The molecular formula is C11H27NO. The van der Waals surface area contributed by atoms with Gasteiger partial charge in [-0.15, -0.1) is 0 Å². The lowest BCUT2D eigenvalue weighted by molar-refractivity contribution is 0.183. The molecule has 82 valence electrons. The highest BCUT2D eigenvalue weighted by atomic mass is 16.0. The summed E-state index contributed by atoms with van der Waals surface area (Å²) >= 11 is 0. The molecular weight excluding hydrogens is 162 g/mol. The van der Waals surface area contributed by atoms with E-state index in [2.05, 4.69) is 33.0 Å². The van der Waals surface area contributed by atoms with E-state index in [1.165, 1.54) is 19.3 Å². The normalized spacial score (nSPS) is 23.5. The summed E-state index contributed by atoms with van der Waals surface area (Å²) in [6, 6.07) is 0. The first kappa shape index (κ1) is 15.4. The van der Waals surface area contributed by atoms with Crippen LogP contribution in [0.25, 0.3) is 0 Å². The maximum absolute atomic E-state index is 3.63. The van der Waals surface area contributed by atoms with Crippen molar-refractivity contribution in [1.82, 2.24) is 5.32 Å². The van der Waals surface area contributed by atoms with Crippen molar-refractivity contribution in [2.24, 2.45) is 0 Å².